The monoisotopic (exact) mass is 263 g/mol. The van der Waals surface area contributed by atoms with Gasteiger partial charge in [0.2, 0.25) is 0 Å². The highest BCUT2D eigenvalue weighted by Gasteiger charge is 2.18. The largest absolute Gasteiger partial charge is 0.461 e. The molecule has 0 bridgehead atoms. The maximum atomic E-state index is 13.3. The molecule has 0 spiro atoms. The van der Waals surface area contributed by atoms with Gasteiger partial charge >= 0.3 is 5.97 Å². The molecule has 1 aromatic heterocycles. The summed E-state index contributed by atoms with van der Waals surface area (Å²) in [5.41, 5.74) is 7.26. The van der Waals surface area contributed by atoms with E-state index < -0.39 is 5.97 Å². The zero-order valence-corrected chi connectivity index (χ0v) is 10.7. The minimum atomic E-state index is -0.590. The van der Waals surface area contributed by atoms with Crippen LogP contribution < -0.4 is 5.73 Å². The normalized spacial score (nSPS) is 10.5. The number of halogens is 1. The van der Waals surface area contributed by atoms with Crippen molar-refractivity contribution in [2.24, 2.45) is 0 Å². The molecule has 2 rings (SSSR count). The third-order valence-corrected chi connectivity index (χ3v) is 2.70. The Morgan fingerprint density at radius 3 is 2.95 bits per heavy atom. The lowest BCUT2D eigenvalue weighted by atomic mass is 10.2. The molecule has 5 nitrogen and oxygen atoms in total. The number of nitrogens with zero attached hydrogens (tertiary/aromatic N) is 2. The Hall–Kier alpha value is -2.37. The van der Waals surface area contributed by atoms with E-state index in [2.05, 4.69) is 4.98 Å². The molecule has 2 aromatic rings. The smallest absolute Gasteiger partial charge is 0.360 e. The molecule has 6 heteroatoms. The molecule has 100 valence electrons. The van der Waals surface area contributed by atoms with E-state index in [0.717, 1.165) is 5.56 Å². The molecule has 0 radical (unpaired) electrons. The van der Waals surface area contributed by atoms with Crippen LogP contribution in [0.1, 0.15) is 23.0 Å². The van der Waals surface area contributed by atoms with Gasteiger partial charge in [-0.05, 0) is 31.5 Å². The lowest BCUT2D eigenvalue weighted by Crippen LogP contribution is -2.10. The second kappa shape index (κ2) is 5.09. The van der Waals surface area contributed by atoms with Crippen LogP contribution in [0.3, 0.4) is 0 Å². The van der Waals surface area contributed by atoms with Gasteiger partial charge < -0.3 is 10.5 Å². The van der Waals surface area contributed by atoms with Gasteiger partial charge in [0.1, 0.15) is 18.0 Å². The summed E-state index contributed by atoms with van der Waals surface area (Å²) in [5, 5.41) is 0. The molecule has 0 aliphatic rings. The number of ether oxygens (including phenoxy) is 1. The maximum Gasteiger partial charge on any atom is 0.360 e. The number of aromatic nitrogens is 2. The van der Waals surface area contributed by atoms with Crippen LogP contribution in [0.25, 0.3) is 5.69 Å². The van der Waals surface area contributed by atoms with E-state index in [0.29, 0.717) is 5.69 Å². The van der Waals surface area contributed by atoms with Crippen LogP contribution in [0.5, 0.6) is 0 Å². The van der Waals surface area contributed by atoms with Crippen LogP contribution in [0.4, 0.5) is 10.2 Å². The predicted octanol–water partition coefficient (Wildman–Crippen LogP) is 2.08. The first-order valence-electron chi connectivity index (χ1n) is 5.81. The standard InChI is InChI=1S/C13H14FN3O2/c1-3-19-13(18)11-12(15)17(7-16-11)10-6-9(14)5-4-8(10)2/h4-7H,3,15H2,1-2H3. The fourth-order valence-electron chi connectivity index (χ4n) is 1.75. The molecular weight excluding hydrogens is 249 g/mol. The van der Waals surface area contributed by atoms with Gasteiger partial charge in [0, 0.05) is 0 Å². The third-order valence-electron chi connectivity index (χ3n) is 2.70. The van der Waals surface area contributed by atoms with Crippen molar-refractivity contribution in [3.05, 3.63) is 41.6 Å². The quantitative estimate of drug-likeness (QED) is 0.861. The fourth-order valence-corrected chi connectivity index (χ4v) is 1.75. The first-order chi connectivity index (χ1) is 9.04. The number of hydrogen-bond donors (Lipinski definition) is 1. The molecular formula is C13H14FN3O2. The van der Waals surface area contributed by atoms with Crippen LogP contribution in [-0.4, -0.2) is 22.1 Å². The molecule has 0 unspecified atom stereocenters. The average molecular weight is 263 g/mol. The maximum absolute atomic E-state index is 13.3. The second-order valence-corrected chi connectivity index (χ2v) is 4.00. The molecule has 2 N–H and O–H groups in total. The highest BCUT2D eigenvalue weighted by molar-refractivity contribution is 5.92. The zero-order chi connectivity index (χ0) is 14.0. The Balaban J connectivity index is 2.47. The number of rotatable bonds is 3. The van der Waals surface area contributed by atoms with Crippen LogP contribution in [0.2, 0.25) is 0 Å². The van der Waals surface area contributed by atoms with Crippen LogP contribution in [-0.2, 0) is 4.74 Å². The lowest BCUT2D eigenvalue weighted by Gasteiger charge is -2.09. The van der Waals surface area contributed by atoms with Crippen molar-refractivity contribution < 1.29 is 13.9 Å². The highest BCUT2D eigenvalue weighted by Crippen LogP contribution is 2.21. The van der Waals surface area contributed by atoms with Gasteiger partial charge in [-0.1, -0.05) is 6.07 Å². The summed E-state index contributed by atoms with van der Waals surface area (Å²) in [6.07, 6.45) is 1.38. The van der Waals surface area contributed by atoms with Crippen molar-refractivity contribution in [2.75, 3.05) is 12.3 Å². The van der Waals surface area contributed by atoms with E-state index in [-0.39, 0.29) is 23.9 Å². The van der Waals surface area contributed by atoms with Crippen LogP contribution in [0.15, 0.2) is 24.5 Å². The van der Waals surface area contributed by atoms with Crippen molar-refractivity contribution in [2.45, 2.75) is 13.8 Å². The molecule has 1 heterocycles. The van der Waals surface area contributed by atoms with E-state index >= 15 is 0 Å². The van der Waals surface area contributed by atoms with Gasteiger partial charge in [0.05, 0.1) is 12.3 Å². The summed E-state index contributed by atoms with van der Waals surface area (Å²) in [6.45, 7) is 3.75. The summed E-state index contributed by atoms with van der Waals surface area (Å²) in [7, 11) is 0. The van der Waals surface area contributed by atoms with E-state index in [9.17, 15) is 9.18 Å². The Bertz CT molecular complexity index is 622. The SMILES string of the molecule is CCOC(=O)c1ncn(-c2cc(F)ccc2C)c1N. The molecule has 19 heavy (non-hydrogen) atoms. The van der Waals surface area contributed by atoms with E-state index in [1.165, 1.54) is 23.0 Å². The predicted molar refractivity (Wildman–Crippen MR) is 68.6 cm³/mol. The Kier molecular flexibility index (Phi) is 3.50. The summed E-state index contributed by atoms with van der Waals surface area (Å²) in [4.78, 5) is 15.5. The number of aryl methyl sites for hydroxylation is 1. The zero-order valence-electron chi connectivity index (χ0n) is 10.7. The molecule has 0 fully saturated rings. The number of imidazole rings is 1. The van der Waals surface area contributed by atoms with Gasteiger partial charge in [-0.2, -0.15) is 0 Å². The third kappa shape index (κ3) is 2.42. The molecule has 0 amide bonds. The molecule has 0 aliphatic heterocycles. The van der Waals surface area contributed by atoms with Crippen molar-refractivity contribution in [3.8, 4) is 5.69 Å². The Labute approximate surface area is 109 Å². The molecule has 0 saturated heterocycles. The van der Waals surface area contributed by atoms with Gasteiger partial charge in [-0.15, -0.1) is 0 Å². The van der Waals surface area contributed by atoms with Crippen LogP contribution >= 0.6 is 0 Å². The Morgan fingerprint density at radius 1 is 1.53 bits per heavy atom. The number of benzene rings is 1. The summed E-state index contributed by atoms with van der Waals surface area (Å²) in [5.74, 6) is -0.841. The van der Waals surface area contributed by atoms with Crippen LogP contribution in [0, 0.1) is 12.7 Å². The first-order valence-corrected chi connectivity index (χ1v) is 5.81. The summed E-state index contributed by atoms with van der Waals surface area (Å²) < 4.78 is 19.6. The molecule has 0 saturated carbocycles. The van der Waals surface area contributed by atoms with Crippen molar-refractivity contribution in [1.29, 1.82) is 0 Å². The summed E-state index contributed by atoms with van der Waals surface area (Å²) in [6, 6.07) is 4.33. The van der Waals surface area contributed by atoms with Crippen molar-refractivity contribution >= 4 is 11.8 Å². The lowest BCUT2D eigenvalue weighted by molar-refractivity contribution is 0.0521. The minimum Gasteiger partial charge on any atom is -0.461 e. The van der Waals surface area contributed by atoms with Gasteiger partial charge in [0.25, 0.3) is 0 Å². The van der Waals surface area contributed by atoms with E-state index in [1.54, 1.807) is 13.0 Å². The number of anilines is 1. The van der Waals surface area contributed by atoms with Gasteiger partial charge in [-0.25, -0.2) is 14.2 Å². The molecule has 0 atom stereocenters. The number of esters is 1. The number of nitrogens with two attached hydrogens (primary N) is 1. The van der Waals surface area contributed by atoms with E-state index in [1.807, 2.05) is 6.92 Å². The second-order valence-electron chi connectivity index (χ2n) is 4.00. The highest BCUT2D eigenvalue weighted by atomic mass is 19.1. The number of carbonyl (C=O) groups is 1. The molecule has 1 aromatic carbocycles. The van der Waals surface area contributed by atoms with Gasteiger partial charge in [0.15, 0.2) is 5.69 Å². The fraction of sp³-hybridized carbons (Fsp3) is 0.231. The summed E-state index contributed by atoms with van der Waals surface area (Å²) >= 11 is 0. The minimum absolute atomic E-state index is 0.0329. The van der Waals surface area contributed by atoms with Crippen molar-refractivity contribution in [1.82, 2.24) is 9.55 Å². The number of nitrogen functional groups attached to an aromatic ring is 1. The average Bonchev–Trinajstić information content (AvgIpc) is 2.74. The first kappa shape index (κ1) is 13.1. The number of hydrogen-bond acceptors (Lipinski definition) is 4. The van der Waals surface area contributed by atoms with E-state index in [4.69, 9.17) is 10.5 Å². The molecule has 0 aliphatic carbocycles. The van der Waals surface area contributed by atoms with Gasteiger partial charge in [-0.3, -0.25) is 4.57 Å². The number of carbonyl (C=O) groups excluding carboxylic acids is 1. The van der Waals surface area contributed by atoms with Crippen molar-refractivity contribution in [3.63, 3.8) is 0 Å². The Morgan fingerprint density at radius 2 is 2.26 bits per heavy atom. The topological polar surface area (TPSA) is 70.1 Å².